The van der Waals surface area contributed by atoms with Gasteiger partial charge in [-0.25, -0.2) is 4.79 Å². The summed E-state index contributed by atoms with van der Waals surface area (Å²) in [5, 5.41) is 7.54. The number of piperazine rings is 4. The summed E-state index contributed by atoms with van der Waals surface area (Å²) in [6.07, 6.45) is 25.3. The highest BCUT2D eigenvalue weighted by atomic mass is 35.5. The van der Waals surface area contributed by atoms with Crippen LogP contribution in [0.1, 0.15) is 115 Å². The largest absolute Gasteiger partial charge is 0.450 e. The molecule has 0 radical (unpaired) electrons. The monoisotopic (exact) mass is 1300 g/mol. The van der Waals surface area contributed by atoms with E-state index in [2.05, 4.69) is 118 Å². The van der Waals surface area contributed by atoms with E-state index in [0.717, 1.165) is 182 Å². The van der Waals surface area contributed by atoms with E-state index < -0.39 is 0 Å². The fraction of sp³-hybridized carbons (Fsp3) is 0.641. The SMILES string of the molecule is CC(=O)Nc1ccccc1N1CCN(CC2CC3CCC2C3)CC1.CCOC(=O)Nc1ccccc1N1CCN(CC2CC3CCC2C3)CC1.Cc1ccc(Cl)cc1N1CCN(C2CC3CCC2C3)CC1.Cc1ccc(Cl)cc1N1CCN(CC2CC3C=CC2C3)CC1. The van der Waals surface area contributed by atoms with Gasteiger partial charge in [-0.15, -0.1) is 0 Å². The van der Waals surface area contributed by atoms with E-state index in [9.17, 15) is 9.59 Å². The Kier molecular flexibility index (Phi) is 22.2. The van der Waals surface area contributed by atoms with Crippen molar-refractivity contribution < 1.29 is 14.3 Å². The van der Waals surface area contributed by atoms with Crippen LogP contribution in [-0.4, -0.2) is 169 Å². The van der Waals surface area contributed by atoms with E-state index in [-0.39, 0.29) is 12.0 Å². The first-order chi connectivity index (χ1) is 45.3. The van der Waals surface area contributed by atoms with E-state index in [1.54, 1.807) is 6.92 Å². The Morgan fingerprint density at radius 1 is 0.462 bits per heavy atom. The summed E-state index contributed by atoms with van der Waals surface area (Å²) in [6.45, 7) is 30.0. The number of anilines is 6. The predicted octanol–water partition coefficient (Wildman–Crippen LogP) is 15.0. The van der Waals surface area contributed by atoms with Crippen LogP contribution >= 0.6 is 23.2 Å². The van der Waals surface area contributed by atoms with Crippen LogP contribution in [0.25, 0.3) is 0 Å². The van der Waals surface area contributed by atoms with Crippen LogP contribution in [-0.2, 0) is 9.53 Å². The Balaban J connectivity index is 0.000000113. The maximum atomic E-state index is 11.8. The number of carbonyl (C=O) groups excluding carboxylic acids is 2. The Morgan fingerprint density at radius 2 is 0.903 bits per heavy atom. The first-order valence-corrected chi connectivity index (χ1v) is 37.6. The molecule has 4 saturated heterocycles. The fourth-order valence-corrected chi connectivity index (χ4v) is 20.1. The van der Waals surface area contributed by atoms with Gasteiger partial charge < -0.3 is 29.7 Å². The van der Waals surface area contributed by atoms with Crippen LogP contribution < -0.4 is 30.2 Å². The third kappa shape index (κ3) is 16.7. The lowest BCUT2D eigenvalue weighted by Crippen LogP contribution is -2.51. The van der Waals surface area contributed by atoms with Crippen LogP contribution in [0.15, 0.2) is 97.1 Å². The van der Waals surface area contributed by atoms with E-state index in [1.165, 1.54) is 158 Å². The quantitative estimate of drug-likeness (QED) is 0.118. The normalized spacial score (nSPS) is 30.4. The number of halogens is 2. The Morgan fingerprint density at radius 3 is 1.31 bits per heavy atom. The van der Waals surface area contributed by atoms with Crippen molar-refractivity contribution in [2.75, 3.05) is 161 Å². The van der Waals surface area contributed by atoms with Crippen molar-refractivity contribution in [3.8, 4) is 0 Å². The number of amides is 2. The second-order valence-corrected chi connectivity index (χ2v) is 31.3. The van der Waals surface area contributed by atoms with Gasteiger partial charge in [0.15, 0.2) is 0 Å². The van der Waals surface area contributed by atoms with Crippen molar-refractivity contribution in [3.05, 3.63) is 118 Å². The van der Waals surface area contributed by atoms with Gasteiger partial charge in [0.1, 0.15) is 0 Å². The van der Waals surface area contributed by atoms with Gasteiger partial charge in [0.05, 0.1) is 29.4 Å². The molecule has 15 heteroatoms. The lowest BCUT2D eigenvalue weighted by atomic mass is 9.88. The Hall–Kier alpha value is -5.02. The van der Waals surface area contributed by atoms with E-state index in [0.29, 0.717) is 6.61 Å². The van der Waals surface area contributed by atoms with Gasteiger partial charge in [-0.05, 0) is 216 Å². The molecule has 12 atom stereocenters. The lowest BCUT2D eigenvalue weighted by Gasteiger charge is -2.42. The smallest absolute Gasteiger partial charge is 0.411 e. The molecular formula is C78H110Cl2N10O3. The molecular weight excluding hydrogens is 1200 g/mol. The molecule has 4 aromatic carbocycles. The standard InChI is InChI=1S/C21H31N3O2.C20H29N3O.C19H25ClN2.C18H25ClN2/c1-2-26-21(25)22-19-5-3-4-6-20(19)24-11-9-23(10-12-24)15-18-14-16-7-8-17(18)13-16;1-15(24)21-19-4-2-3-5-20(19)23-10-8-22(9-11-23)14-18-13-16-6-7-17(18)12-16;1-14-2-5-18(20)12-19(14)22-8-6-21(7-9-22)13-17-11-15-3-4-16(17)10-15;1-13-2-5-16(19)12-17(13)20-6-8-21(9-7-20)18-11-14-3-4-15(18)10-14/h3-6,16-18H,2,7-15H2,1H3,(H,22,25);2-5,16-18H,6-14H2,1H3,(H,21,24);2-5,12,15-17H,6-11,13H2,1H3;2,5,12,14-15,18H,3-4,6-11H2,1H3. The van der Waals surface area contributed by atoms with Gasteiger partial charge >= 0.3 is 6.09 Å². The number of aryl methyl sites for hydroxylation is 2. The summed E-state index contributed by atoms with van der Waals surface area (Å²) in [5.74, 6) is 10.7. The Labute approximate surface area is 568 Å². The van der Waals surface area contributed by atoms with Crippen molar-refractivity contribution in [1.82, 2.24) is 19.6 Å². The molecule has 7 saturated carbocycles. The van der Waals surface area contributed by atoms with Crippen molar-refractivity contribution >= 4 is 69.3 Å². The summed E-state index contributed by atoms with van der Waals surface area (Å²) < 4.78 is 5.03. The van der Waals surface area contributed by atoms with Gasteiger partial charge in [0.25, 0.3) is 0 Å². The van der Waals surface area contributed by atoms with Gasteiger partial charge in [-0.2, -0.15) is 0 Å². The molecule has 12 unspecified atom stereocenters. The average molecular weight is 1310 g/mol. The third-order valence-corrected chi connectivity index (χ3v) is 25.1. The van der Waals surface area contributed by atoms with Gasteiger partial charge in [0, 0.05) is 159 Å². The number of benzene rings is 4. The molecule has 4 aromatic rings. The van der Waals surface area contributed by atoms with Crippen LogP contribution in [0.3, 0.4) is 0 Å². The molecule has 4 heterocycles. The number of fused-ring (bicyclic) bond motifs is 8. The number of hydrogen-bond acceptors (Lipinski definition) is 11. The maximum Gasteiger partial charge on any atom is 0.411 e. The number of nitrogens with one attached hydrogen (secondary N) is 2. The lowest BCUT2D eigenvalue weighted by molar-refractivity contribution is -0.114. The summed E-state index contributed by atoms with van der Waals surface area (Å²) in [5.41, 5.74) is 9.35. The van der Waals surface area contributed by atoms with Crippen molar-refractivity contribution in [3.63, 3.8) is 0 Å². The number of nitrogens with zero attached hydrogens (tertiary/aromatic N) is 8. The topological polar surface area (TPSA) is 93.3 Å². The fourth-order valence-electron chi connectivity index (χ4n) is 19.8. The van der Waals surface area contributed by atoms with E-state index in [4.69, 9.17) is 27.9 Å². The van der Waals surface area contributed by atoms with Crippen molar-refractivity contribution in [1.29, 1.82) is 0 Å². The molecule has 2 amide bonds. The van der Waals surface area contributed by atoms with Crippen LogP contribution in [0.2, 0.25) is 10.0 Å². The third-order valence-electron chi connectivity index (χ3n) is 24.6. The van der Waals surface area contributed by atoms with Crippen LogP contribution in [0.4, 0.5) is 38.9 Å². The minimum Gasteiger partial charge on any atom is -0.450 e. The second-order valence-electron chi connectivity index (χ2n) is 30.5. The number of rotatable bonds is 14. The number of para-hydroxylation sites is 4. The predicted molar refractivity (Wildman–Crippen MR) is 386 cm³/mol. The molecule has 11 fully saturated rings. The molecule has 12 aliphatic rings. The van der Waals surface area contributed by atoms with Gasteiger partial charge in [-0.1, -0.05) is 91.0 Å². The molecule has 2 N–H and O–H groups in total. The first kappa shape index (κ1) is 66.6. The van der Waals surface area contributed by atoms with Crippen molar-refractivity contribution in [2.24, 2.45) is 65.1 Å². The average Bonchev–Trinajstić information content (AvgIpc) is 2.22. The molecule has 16 rings (SSSR count). The molecule has 4 aliphatic heterocycles. The number of ether oxygens (including phenoxy) is 1. The molecule has 8 aliphatic carbocycles. The maximum absolute atomic E-state index is 11.8. The molecule has 0 spiro atoms. The Bertz CT molecular complexity index is 3150. The van der Waals surface area contributed by atoms with Gasteiger partial charge in [0.2, 0.25) is 5.91 Å². The molecule has 8 bridgehead atoms. The van der Waals surface area contributed by atoms with E-state index >= 15 is 0 Å². The highest BCUT2D eigenvalue weighted by molar-refractivity contribution is 6.31. The molecule has 504 valence electrons. The van der Waals surface area contributed by atoms with Crippen LogP contribution in [0.5, 0.6) is 0 Å². The highest BCUT2D eigenvalue weighted by Crippen LogP contribution is 2.51. The van der Waals surface area contributed by atoms with Crippen molar-refractivity contribution in [2.45, 2.75) is 124 Å². The number of allylic oxidation sites excluding steroid dienone is 2. The van der Waals surface area contributed by atoms with Crippen LogP contribution in [0, 0.1) is 78.9 Å². The zero-order valence-corrected chi connectivity index (χ0v) is 58.3. The number of carbonyl (C=O) groups is 2. The zero-order chi connectivity index (χ0) is 64.0. The minimum absolute atomic E-state index is 0.00243. The molecule has 93 heavy (non-hydrogen) atoms. The molecule has 13 nitrogen and oxygen atoms in total. The highest BCUT2D eigenvalue weighted by Gasteiger charge is 2.44. The summed E-state index contributed by atoms with van der Waals surface area (Å²) in [7, 11) is 0. The summed E-state index contributed by atoms with van der Waals surface area (Å²) in [6, 6.07) is 29.6. The van der Waals surface area contributed by atoms with E-state index in [1.807, 2.05) is 49.4 Å². The summed E-state index contributed by atoms with van der Waals surface area (Å²) in [4.78, 5) is 43.8. The number of hydrogen-bond donors (Lipinski definition) is 2. The second kappa shape index (κ2) is 31.0. The first-order valence-electron chi connectivity index (χ1n) is 36.8. The zero-order valence-electron chi connectivity index (χ0n) is 56.8. The minimum atomic E-state index is -0.380. The molecule has 0 aromatic heterocycles. The van der Waals surface area contributed by atoms with Gasteiger partial charge in [-0.3, -0.25) is 29.7 Å². The summed E-state index contributed by atoms with van der Waals surface area (Å²) >= 11 is 12.3.